The van der Waals surface area contributed by atoms with E-state index >= 15 is 0 Å². The maximum Gasteiger partial charge on any atom is 0.123 e. The molecule has 2 nitrogen and oxygen atoms in total. The number of aromatic hydroxyl groups is 1. The SMILES string of the molecule is Cc1cc(Cl)c(C)c(C2(C#N)CC2)c1O. The molecule has 1 aromatic rings. The third-order valence-electron chi connectivity index (χ3n) is 3.13. The van der Waals surface area contributed by atoms with E-state index in [1.54, 1.807) is 13.0 Å². The smallest absolute Gasteiger partial charge is 0.123 e. The first-order chi connectivity index (χ1) is 7.02. The van der Waals surface area contributed by atoms with Gasteiger partial charge >= 0.3 is 0 Å². The Bertz CT molecular complexity index is 443. The van der Waals surface area contributed by atoms with Crippen LogP contribution in [0.25, 0.3) is 0 Å². The van der Waals surface area contributed by atoms with Crippen LogP contribution < -0.4 is 0 Å². The highest BCUT2D eigenvalue weighted by atomic mass is 35.5. The Labute approximate surface area is 94.1 Å². The van der Waals surface area contributed by atoms with Gasteiger partial charge < -0.3 is 5.11 Å². The third-order valence-corrected chi connectivity index (χ3v) is 3.52. The van der Waals surface area contributed by atoms with E-state index < -0.39 is 5.41 Å². The molecule has 1 aliphatic carbocycles. The monoisotopic (exact) mass is 221 g/mol. The largest absolute Gasteiger partial charge is 0.507 e. The van der Waals surface area contributed by atoms with Gasteiger partial charge in [-0.15, -0.1) is 0 Å². The van der Waals surface area contributed by atoms with E-state index in [1.165, 1.54) is 0 Å². The van der Waals surface area contributed by atoms with Crippen molar-refractivity contribution in [2.75, 3.05) is 0 Å². The second-order valence-corrected chi connectivity index (χ2v) is 4.63. The molecule has 1 N–H and O–H groups in total. The van der Waals surface area contributed by atoms with Gasteiger partial charge in [0.15, 0.2) is 0 Å². The number of hydrogen-bond donors (Lipinski definition) is 1. The lowest BCUT2D eigenvalue weighted by molar-refractivity contribution is 0.460. The number of rotatable bonds is 1. The van der Waals surface area contributed by atoms with Crippen LogP contribution in [0.4, 0.5) is 0 Å². The molecule has 1 fully saturated rings. The van der Waals surface area contributed by atoms with Crippen LogP contribution in [-0.2, 0) is 5.41 Å². The molecule has 1 aliphatic rings. The second-order valence-electron chi connectivity index (χ2n) is 4.22. The van der Waals surface area contributed by atoms with Crippen LogP contribution in [-0.4, -0.2) is 5.11 Å². The molecule has 0 atom stereocenters. The van der Waals surface area contributed by atoms with Gasteiger partial charge in [0.1, 0.15) is 5.75 Å². The zero-order valence-corrected chi connectivity index (χ0v) is 9.52. The fourth-order valence-corrected chi connectivity index (χ4v) is 2.25. The van der Waals surface area contributed by atoms with Gasteiger partial charge in [-0.3, -0.25) is 0 Å². The van der Waals surface area contributed by atoms with Gasteiger partial charge in [-0.25, -0.2) is 0 Å². The molecule has 0 aliphatic heterocycles. The summed E-state index contributed by atoms with van der Waals surface area (Å²) in [4.78, 5) is 0. The molecule has 0 amide bonds. The molecule has 0 unspecified atom stereocenters. The lowest BCUT2D eigenvalue weighted by Crippen LogP contribution is -2.07. The lowest BCUT2D eigenvalue weighted by Gasteiger charge is -2.15. The molecule has 3 heteroatoms. The van der Waals surface area contributed by atoms with Crippen molar-refractivity contribution in [3.8, 4) is 11.8 Å². The first-order valence-electron chi connectivity index (χ1n) is 4.92. The van der Waals surface area contributed by atoms with E-state index in [0.717, 1.165) is 29.5 Å². The van der Waals surface area contributed by atoms with Crippen molar-refractivity contribution in [2.45, 2.75) is 32.1 Å². The van der Waals surface area contributed by atoms with Crippen molar-refractivity contribution >= 4 is 11.6 Å². The van der Waals surface area contributed by atoms with Crippen molar-refractivity contribution in [1.82, 2.24) is 0 Å². The van der Waals surface area contributed by atoms with Gasteiger partial charge in [-0.05, 0) is 43.9 Å². The Kier molecular flexibility index (Phi) is 2.17. The van der Waals surface area contributed by atoms with Gasteiger partial charge in [0, 0.05) is 10.6 Å². The number of benzene rings is 1. The first kappa shape index (κ1) is 10.3. The average Bonchev–Trinajstić information content (AvgIpc) is 2.96. The van der Waals surface area contributed by atoms with Crippen molar-refractivity contribution in [2.24, 2.45) is 0 Å². The molecule has 78 valence electrons. The molecule has 2 rings (SSSR count). The predicted octanol–water partition coefficient (Wildman–Crippen LogP) is 3.22. The molecule has 0 radical (unpaired) electrons. The standard InChI is InChI=1S/C12H12ClNO/c1-7-5-9(13)8(2)10(11(7)15)12(6-14)3-4-12/h5,15H,3-4H2,1-2H3. The number of nitriles is 1. The summed E-state index contributed by atoms with van der Waals surface area (Å²) in [6, 6.07) is 4.03. The molecule has 0 saturated heterocycles. The summed E-state index contributed by atoms with van der Waals surface area (Å²) in [7, 11) is 0. The van der Waals surface area contributed by atoms with E-state index in [0.29, 0.717) is 5.02 Å². The normalized spacial score (nSPS) is 17.2. The average molecular weight is 222 g/mol. The third kappa shape index (κ3) is 1.39. The molecule has 0 aromatic heterocycles. The molecule has 1 saturated carbocycles. The zero-order chi connectivity index (χ0) is 11.2. The minimum absolute atomic E-state index is 0.232. The highest BCUT2D eigenvalue weighted by Crippen LogP contribution is 2.53. The highest BCUT2D eigenvalue weighted by Gasteiger charge is 2.48. The Morgan fingerprint density at radius 2 is 2.07 bits per heavy atom. The summed E-state index contributed by atoms with van der Waals surface area (Å²) < 4.78 is 0. The molecule has 15 heavy (non-hydrogen) atoms. The number of phenols is 1. The minimum atomic E-state index is -0.482. The topological polar surface area (TPSA) is 44.0 Å². The van der Waals surface area contributed by atoms with Crippen LogP contribution in [0.3, 0.4) is 0 Å². The van der Waals surface area contributed by atoms with E-state index in [2.05, 4.69) is 6.07 Å². The van der Waals surface area contributed by atoms with Crippen LogP contribution in [0.15, 0.2) is 6.07 Å². The first-order valence-corrected chi connectivity index (χ1v) is 5.30. The summed E-state index contributed by atoms with van der Waals surface area (Å²) in [6.07, 6.45) is 1.63. The molecule has 0 bridgehead atoms. The zero-order valence-electron chi connectivity index (χ0n) is 8.76. The van der Waals surface area contributed by atoms with Gasteiger partial charge in [-0.1, -0.05) is 11.6 Å². The van der Waals surface area contributed by atoms with E-state index in [9.17, 15) is 5.11 Å². The van der Waals surface area contributed by atoms with E-state index in [-0.39, 0.29) is 5.75 Å². The number of nitrogens with zero attached hydrogens (tertiary/aromatic N) is 1. The van der Waals surface area contributed by atoms with Crippen LogP contribution in [0.1, 0.15) is 29.5 Å². The number of hydrogen-bond acceptors (Lipinski definition) is 2. The van der Waals surface area contributed by atoms with Gasteiger partial charge in [0.25, 0.3) is 0 Å². The second kappa shape index (κ2) is 3.15. The van der Waals surface area contributed by atoms with Crippen LogP contribution in [0.2, 0.25) is 5.02 Å². The molecule has 1 aromatic carbocycles. The maximum atomic E-state index is 10.00. The molecule has 0 spiro atoms. The van der Waals surface area contributed by atoms with Crippen molar-refractivity contribution in [3.63, 3.8) is 0 Å². The lowest BCUT2D eigenvalue weighted by atomic mass is 9.90. The fourth-order valence-electron chi connectivity index (χ4n) is 1.99. The van der Waals surface area contributed by atoms with Crippen molar-refractivity contribution < 1.29 is 5.11 Å². The summed E-state index contributed by atoms with van der Waals surface area (Å²) >= 11 is 6.06. The molecule has 0 heterocycles. The van der Waals surface area contributed by atoms with Crippen LogP contribution >= 0.6 is 11.6 Å². The molecular weight excluding hydrogens is 210 g/mol. The van der Waals surface area contributed by atoms with Gasteiger partial charge in [0.05, 0.1) is 11.5 Å². The Morgan fingerprint density at radius 3 is 2.53 bits per heavy atom. The fraction of sp³-hybridized carbons (Fsp3) is 0.417. The van der Waals surface area contributed by atoms with Crippen molar-refractivity contribution in [1.29, 1.82) is 5.26 Å². The number of phenolic OH excluding ortho intramolecular Hbond substituents is 1. The van der Waals surface area contributed by atoms with Crippen LogP contribution in [0, 0.1) is 25.2 Å². The summed E-state index contributed by atoms with van der Waals surface area (Å²) in [5.74, 6) is 0.232. The van der Waals surface area contributed by atoms with Crippen LogP contribution in [0.5, 0.6) is 5.75 Å². The number of aryl methyl sites for hydroxylation is 1. The molecular formula is C12H12ClNO. The van der Waals surface area contributed by atoms with Gasteiger partial charge in [-0.2, -0.15) is 5.26 Å². The number of halogens is 1. The van der Waals surface area contributed by atoms with Gasteiger partial charge in [0.2, 0.25) is 0 Å². The maximum absolute atomic E-state index is 10.00. The predicted molar refractivity (Wildman–Crippen MR) is 59.1 cm³/mol. The summed E-state index contributed by atoms with van der Waals surface area (Å²) in [5.41, 5.74) is 1.82. The summed E-state index contributed by atoms with van der Waals surface area (Å²) in [5, 5.41) is 19.8. The minimum Gasteiger partial charge on any atom is -0.507 e. The quantitative estimate of drug-likeness (QED) is 0.792. The van der Waals surface area contributed by atoms with E-state index in [1.807, 2.05) is 6.92 Å². The Hall–Kier alpha value is -1.20. The van der Waals surface area contributed by atoms with Crippen molar-refractivity contribution in [3.05, 3.63) is 27.8 Å². The Balaban J connectivity index is 2.71. The Morgan fingerprint density at radius 1 is 1.47 bits per heavy atom. The highest BCUT2D eigenvalue weighted by molar-refractivity contribution is 6.31. The summed E-state index contributed by atoms with van der Waals surface area (Å²) in [6.45, 7) is 3.66. The van der Waals surface area contributed by atoms with E-state index in [4.69, 9.17) is 16.9 Å².